The van der Waals surface area contributed by atoms with Crippen LogP contribution in [0.4, 0.5) is 0 Å². The standard InChI is InChI=1S/C56H102N8O26S.2C19H42N.2Eu/c1-85-31-7-43(51(71)72)59-17-13-57(41(5-29-65)49(67)68)15-19-63(27-25-61(23-21-59)45(53(75)76)9-33-87-3)47(55(79)80)11-35-89-37-39-91(83,84)40-38-90-36-12-48(56(81)82)64-20-16-58(42(6-30-66)50(69)70)14-18-60(44(52(73)74)8-32-86-2)22-24-62(26-28-64)46(54(77)78)10-34-88-4;2*1-5-6-7-8-9-10-11-12-13-14-15-16-17-18-19-20(2,3)4;;/h41-48,65-66H,5-40H2,1-4H3,(H,67,68)(H,69,70)(H,71,72)(H,73,74)(H,75,76)(H,77,78)(H,79,80)(H,81,82);2*5-19H2,1-4H3;;/q;2*+1;2*+3. The second-order valence-corrected chi connectivity index (χ2v) is 39.7. The molecule has 2 fully saturated rings. The van der Waals surface area contributed by atoms with Gasteiger partial charge in [0.1, 0.15) is 48.3 Å². The first-order chi connectivity index (χ1) is 62.4. The number of sulfone groups is 1. The summed E-state index contributed by atoms with van der Waals surface area (Å²) in [5.41, 5.74) is 0. The predicted molar refractivity (Wildman–Crippen MR) is 509 cm³/mol. The van der Waals surface area contributed by atoms with E-state index in [0.717, 1.165) is 8.97 Å². The van der Waals surface area contributed by atoms with Gasteiger partial charge in [-0.2, -0.15) is 0 Å². The van der Waals surface area contributed by atoms with E-state index in [1.165, 1.54) is 241 Å². The van der Waals surface area contributed by atoms with Crippen molar-refractivity contribution >= 4 is 57.6 Å². The molecule has 2 rings (SSSR count). The number of hydrogen-bond acceptors (Lipinski definition) is 26. The van der Waals surface area contributed by atoms with Crippen LogP contribution in [0.3, 0.4) is 0 Å². The Morgan fingerprint density at radius 3 is 0.549 bits per heavy atom. The van der Waals surface area contributed by atoms with Crippen molar-refractivity contribution in [2.75, 3.05) is 266 Å². The molecule has 0 aliphatic carbocycles. The molecule has 8 atom stereocenters. The zero-order chi connectivity index (χ0) is 98.3. The molecule has 39 heteroatoms. The number of carbonyl (C=O) groups is 8. The Labute approximate surface area is 881 Å². The van der Waals surface area contributed by atoms with Gasteiger partial charge in [0.25, 0.3) is 0 Å². The molecule has 10 N–H and O–H groups in total. The number of nitrogens with zero attached hydrogens (tertiary/aromatic N) is 10. The van der Waals surface area contributed by atoms with Crippen LogP contribution in [0.15, 0.2) is 0 Å². The molecule has 0 radical (unpaired) electrons. The van der Waals surface area contributed by atoms with Gasteiger partial charge in [0, 0.05) is 186 Å². The first-order valence-electron chi connectivity index (χ1n) is 49.3. The minimum atomic E-state index is -3.90. The third-order valence-electron chi connectivity index (χ3n) is 24.9. The van der Waals surface area contributed by atoms with Crippen LogP contribution in [-0.2, 0) is 76.6 Å². The second kappa shape index (κ2) is 84.6. The molecule has 2 heterocycles. The summed E-state index contributed by atoms with van der Waals surface area (Å²) in [5, 5.41) is 103. The number of unbranched alkanes of at least 4 members (excludes halogenated alkanes) is 26. The number of hydrogen-bond donors (Lipinski definition) is 10. The summed E-state index contributed by atoms with van der Waals surface area (Å²) in [6.07, 6.45) is 40.1. The monoisotopic (exact) mass is 2210 g/mol. The van der Waals surface area contributed by atoms with E-state index in [4.69, 9.17) is 28.4 Å². The van der Waals surface area contributed by atoms with E-state index in [1.54, 1.807) is 19.6 Å². The van der Waals surface area contributed by atoms with Crippen LogP contribution in [0, 0.1) is 98.8 Å². The van der Waals surface area contributed by atoms with Crippen molar-refractivity contribution in [3.8, 4) is 0 Å². The average Bonchev–Trinajstić information content (AvgIpc) is 0.843. The first kappa shape index (κ1) is 135. The quantitative estimate of drug-likeness (QED) is 0.0201. The van der Waals surface area contributed by atoms with E-state index in [-0.39, 0.29) is 308 Å². The summed E-state index contributed by atoms with van der Waals surface area (Å²) < 4.78 is 60.9. The molecule has 36 nitrogen and oxygen atoms in total. The van der Waals surface area contributed by atoms with E-state index in [1.807, 2.05) is 0 Å². The first-order valence-corrected chi connectivity index (χ1v) is 51.2. The molecule has 0 aromatic rings. The summed E-state index contributed by atoms with van der Waals surface area (Å²) in [4.78, 5) is 115. The van der Waals surface area contributed by atoms with Crippen molar-refractivity contribution in [1.82, 2.24) is 39.2 Å². The van der Waals surface area contributed by atoms with Gasteiger partial charge in [-0.1, -0.05) is 168 Å². The van der Waals surface area contributed by atoms with E-state index in [9.17, 15) is 97.8 Å². The Bertz CT molecular complexity index is 2870. The van der Waals surface area contributed by atoms with Crippen LogP contribution in [0.25, 0.3) is 0 Å². The van der Waals surface area contributed by atoms with Crippen molar-refractivity contribution < 1.29 is 234 Å². The number of carboxylic acids is 8. The summed E-state index contributed by atoms with van der Waals surface area (Å²) in [5.74, 6) is -11.0. The van der Waals surface area contributed by atoms with Gasteiger partial charge in [0.2, 0.25) is 0 Å². The molecule has 133 heavy (non-hydrogen) atoms. The van der Waals surface area contributed by atoms with Crippen LogP contribution >= 0.6 is 0 Å². The molecule has 0 saturated carbocycles. The molecular weight excluding hydrogens is 2020 g/mol. The maximum atomic E-state index is 13.3. The predicted octanol–water partition coefficient (Wildman–Crippen LogP) is 8.54. The Morgan fingerprint density at radius 1 is 0.256 bits per heavy atom. The summed E-state index contributed by atoms with van der Waals surface area (Å²) in [6, 6.07) is -9.62. The second-order valence-electron chi connectivity index (χ2n) is 37.4. The fraction of sp³-hybridized carbons (Fsp3) is 0.915. The van der Waals surface area contributed by atoms with E-state index in [2.05, 4.69) is 56.1 Å². The topological polar surface area (TPSA) is 454 Å². The largest absolute Gasteiger partial charge is 3.00 e. The van der Waals surface area contributed by atoms with Gasteiger partial charge in [-0.05, 0) is 77.0 Å². The Balaban J connectivity index is -0.00000328. The van der Waals surface area contributed by atoms with Gasteiger partial charge >= 0.3 is 147 Å². The van der Waals surface area contributed by atoms with Crippen LogP contribution < -0.4 is 0 Å². The fourth-order valence-electron chi connectivity index (χ4n) is 16.9. The van der Waals surface area contributed by atoms with E-state index < -0.39 is 131 Å². The summed E-state index contributed by atoms with van der Waals surface area (Å²) >= 11 is 0. The molecule has 0 aromatic heterocycles. The normalized spacial score (nSPS) is 17.2. The van der Waals surface area contributed by atoms with Gasteiger partial charge < -0.3 is 88.5 Å². The minimum Gasteiger partial charge on any atom is -0.480 e. The van der Waals surface area contributed by atoms with Crippen molar-refractivity contribution in [2.45, 2.75) is 293 Å². The van der Waals surface area contributed by atoms with Gasteiger partial charge in [-0.25, -0.2) is 8.42 Å². The number of aliphatic hydroxyl groups excluding tert-OH is 2. The molecule has 0 bridgehead atoms. The third-order valence-corrected chi connectivity index (χ3v) is 26.5. The number of aliphatic hydroxyl groups is 2. The van der Waals surface area contributed by atoms with Crippen LogP contribution in [0.5, 0.6) is 0 Å². The third kappa shape index (κ3) is 68.9. The summed E-state index contributed by atoms with van der Waals surface area (Å²) in [6.45, 7) is 4.58. The molecule has 2 saturated heterocycles. The maximum absolute atomic E-state index is 13.3. The van der Waals surface area contributed by atoms with Gasteiger partial charge in [0.15, 0.2) is 9.84 Å². The SMILES string of the molecule is CCCCCCCCCCCCCCCC[N+](C)(C)C.CCCCCCCCCCCCCCCC[N+](C)(C)C.COCCC(C(=O)O)N1CCN(C(CCO)C(=O)O)CCN(C(CCOCCS(=O)(=O)CCOCCC(C(=O)O)N2CCN(C(CCO)C(=O)O)CCN(C(CCOC)C(=O)O)CCN(C(CCOC)C(=O)O)CC2)C(=O)O)CCN(C(CCOC)C(=O)O)CC1.[Eu+3].[Eu+3]. The Hall–Kier alpha value is -1.84. The smallest absolute Gasteiger partial charge is 0.480 e. The number of carboxylic acid groups (broad SMARTS) is 8. The maximum Gasteiger partial charge on any atom is 3.00 e. The average molecular weight is 2210 g/mol. The number of quaternary nitrogens is 2. The number of ether oxygens (including phenoxy) is 6. The number of methoxy groups -OCH3 is 4. The van der Waals surface area contributed by atoms with E-state index in [0.29, 0.717) is 0 Å². The molecule has 2 aliphatic rings. The van der Waals surface area contributed by atoms with Crippen molar-refractivity contribution in [2.24, 2.45) is 0 Å². The van der Waals surface area contributed by atoms with Crippen LogP contribution in [-0.4, -0.2) is 470 Å². The molecule has 8 unspecified atom stereocenters. The van der Waals surface area contributed by atoms with Crippen molar-refractivity contribution in [3.05, 3.63) is 0 Å². The zero-order valence-electron chi connectivity index (χ0n) is 83.9. The Kier molecular flexibility index (Phi) is 86.1. The summed E-state index contributed by atoms with van der Waals surface area (Å²) in [7, 11) is 15.5. The molecule has 780 valence electrons. The fourth-order valence-corrected chi connectivity index (χ4v) is 17.9. The Morgan fingerprint density at radius 2 is 0.406 bits per heavy atom. The van der Waals surface area contributed by atoms with Crippen LogP contribution in [0.2, 0.25) is 0 Å². The zero-order valence-corrected chi connectivity index (χ0v) is 89.6. The minimum absolute atomic E-state index is 0. The molecule has 0 aromatic carbocycles. The van der Waals surface area contributed by atoms with Gasteiger partial charge in [0.05, 0.1) is 80.1 Å². The molecule has 0 amide bonds. The van der Waals surface area contributed by atoms with Crippen LogP contribution in [0.1, 0.15) is 245 Å². The van der Waals surface area contributed by atoms with E-state index >= 15 is 0 Å². The van der Waals surface area contributed by atoms with Gasteiger partial charge in [-0.3, -0.25) is 77.6 Å². The van der Waals surface area contributed by atoms with Crippen molar-refractivity contribution in [3.63, 3.8) is 0 Å². The molecule has 2 aliphatic heterocycles. The number of aliphatic carboxylic acids is 8. The molecular formula is C94H186Eu2N10O26S+8. The van der Waals surface area contributed by atoms with Crippen molar-refractivity contribution in [1.29, 1.82) is 0 Å². The molecule has 0 spiro atoms. The van der Waals surface area contributed by atoms with Gasteiger partial charge in [-0.15, -0.1) is 0 Å². The number of rotatable bonds is 74.